The molecule has 0 spiro atoms. The van der Waals surface area contributed by atoms with Gasteiger partial charge in [-0.25, -0.2) is 0 Å². The summed E-state index contributed by atoms with van der Waals surface area (Å²) in [5.74, 6) is 0.450. The van der Waals surface area contributed by atoms with Crippen molar-refractivity contribution in [1.29, 1.82) is 0 Å². The van der Waals surface area contributed by atoms with Crippen molar-refractivity contribution in [3.63, 3.8) is 0 Å². The number of hydrogen-bond donors (Lipinski definition) is 0. The molecule has 0 heterocycles. The van der Waals surface area contributed by atoms with Crippen molar-refractivity contribution in [1.82, 2.24) is 0 Å². The zero-order chi connectivity index (χ0) is 9.30. The van der Waals surface area contributed by atoms with Gasteiger partial charge in [-0.3, -0.25) is 0 Å². The maximum atomic E-state index is 6.09. The summed E-state index contributed by atoms with van der Waals surface area (Å²) in [4.78, 5) is 0. The van der Waals surface area contributed by atoms with E-state index in [1.807, 2.05) is 6.07 Å². The Hall–Kier alpha value is 0.470. The van der Waals surface area contributed by atoms with Crippen molar-refractivity contribution < 1.29 is 0 Å². The summed E-state index contributed by atoms with van der Waals surface area (Å²) in [7, 11) is 0. The third-order valence-electron chi connectivity index (χ3n) is 1.64. The van der Waals surface area contributed by atoms with E-state index in [0.717, 1.165) is 19.5 Å². The molecule has 0 N–H and O–H groups in total. The zero-order valence-electron chi connectivity index (χ0n) is 6.87. The summed E-state index contributed by atoms with van der Waals surface area (Å²) in [6, 6.07) is 4.01. The Bertz CT molecular complexity index is 295. The number of hydrogen-bond acceptors (Lipinski definition) is 0. The fourth-order valence-corrected chi connectivity index (χ4v) is 2.58. The third kappa shape index (κ3) is 2.24. The van der Waals surface area contributed by atoms with Crippen LogP contribution < -0.4 is 0 Å². The first-order valence-electron chi connectivity index (χ1n) is 3.67. The van der Waals surface area contributed by atoms with Gasteiger partial charge in [0, 0.05) is 8.95 Å². The minimum atomic E-state index is 0.450. The smallest absolute Gasteiger partial charge is 0.0583 e. The fraction of sp³-hybridized carbons (Fsp3) is 0.333. The predicted octanol–water partition coefficient (Wildman–Crippen LogP) is 4.99. The van der Waals surface area contributed by atoms with Crippen LogP contribution in [0.15, 0.2) is 21.1 Å². The zero-order valence-corrected chi connectivity index (χ0v) is 10.8. The molecule has 0 amide bonds. The van der Waals surface area contributed by atoms with Crippen LogP contribution in [0.25, 0.3) is 0 Å². The minimum Gasteiger partial charge on any atom is -0.0828 e. The first kappa shape index (κ1) is 10.6. The van der Waals surface area contributed by atoms with Gasteiger partial charge in [0.05, 0.1) is 5.02 Å². The van der Waals surface area contributed by atoms with E-state index in [9.17, 15) is 0 Å². The van der Waals surface area contributed by atoms with E-state index in [0.29, 0.717) is 5.92 Å². The van der Waals surface area contributed by atoms with Crippen LogP contribution in [-0.2, 0) is 0 Å². The molecule has 0 radical (unpaired) electrons. The lowest BCUT2D eigenvalue weighted by Gasteiger charge is -2.09. The minimum absolute atomic E-state index is 0.450. The topological polar surface area (TPSA) is 0 Å². The first-order valence-corrected chi connectivity index (χ1v) is 5.63. The summed E-state index contributed by atoms with van der Waals surface area (Å²) >= 11 is 12.9. The van der Waals surface area contributed by atoms with E-state index in [1.54, 1.807) is 0 Å². The highest BCUT2D eigenvalue weighted by atomic mass is 79.9. The highest BCUT2D eigenvalue weighted by Gasteiger charge is 2.08. The van der Waals surface area contributed by atoms with E-state index in [1.165, 1.54) is 0 Å². The second-order valence-electron chi connectivity index (χ2n) is 2.95. The third-order valence-corrected chi connectivity index (χ3v) is 3.38. The van der Waals surface area contributed by atoms with Gasteiger partial charge in [-0.1, -0.05) is 41.4 Å². The Balaban J connectivity index is 3.28. The maximum Gasteiger partial charge on any atom is 0.0583 e. The molecule has 0 bridgehead atoms. The highest BCUT2D eigenvalue weighted by Crippen LogP contribution is 2.34. The van der Waals surface area contributed by atoms with Crippen LogP contribution >= 0.6 is 43.5 Å². The van der Waals surface area contributed by atoms with Crippen molar-refractivity contribution in [3.8, 4) is 0 Å². The van der Waals surface area contributed by atoms with Crippen LogP contribution in [0.4, 0.5) is 0 Å². The van der Waals surface area contributed by atoms with E-state index in [-0.39, 0.29) is 0 Å². The van der Waals surface area contributed by atoms with Crippen LogP contribution in [-0.4, -0.2) is 0 Å². The van der Waals surface area contributed by atoms with Gasteiger partial charge in [-0.05, 0) is 39.5 Å². The molecule has 0 nitrogen and oxygen atoms in total. The Morgan fingerprint density at radius 1 is 1.25 bits per heavy atom. The second-order valence-corrected chi connectivity index (χ2v) is 5.09. The van der Waals surface area contributed by atoms with Gasteiger partial charge in [0.2, 0.25) is 0 Å². The molecule has 0 atom stereocenters. The lowest BCUT2D eigenvalue weighted by atomic mass is 10.0. The summed E-state index contributed by atoms with van der Waals surface area (Å²) < 4.78 is 2.00. The van der Waals surface area contributed by atoms with E-state index in [2.05, 4.69) is 51.8 Å². The van der Waals surface area contributed by atoms with Crippen molar-refractivity contribution >= 4 is 43.5 Å². The molecule has 1 rings (SSSR count). The SMILES string of the molecule is CC(C)c1cc(Br)cc(Br)c1Cl. The number of benzene rings is 1. The molecule has 0 saturated heterocycles. The molecule has 0 aliphatic carbocycles. The molecule has 66 valence electrons. The van der Waals surface area contributed by atoms with Gasteiger partial charge >= 0.3 is 0 Å². The Kier molecular flexibility index (Phi) is 3.62. The van der Waals surface area contributed by atoms with Crippen LogP contribution in [0, 0.1) is 0 Å². The van der Waals surface area contributed by atoms with E-state index < -0.39 is 0 Å². The van der Waals surface area contributed by atoms with Crippen LogP contribution in [0.2, 0.25) is 5.02 Å². The average molecular weight is 312 g/mol. The molecule has 1 aromatic carbocycles. The Morgan fingerprint density at radius 2 is 1.83 bits per heavy atom. The highest BCUT2D eigenvalue weighted by molar-refractivity contribution is 9.11. The van der Waals surface area contributed by atoms with Gasteiger partial charge in [0.25, 0.3) is 0 Å². The van der Waals surface area contributed by atoms with Crippen molar-refractivity contribution in [2.24, 2.45) is 0 Å². The standard InChI is InChI=1S/C9H9Br2Cl/c1-5(2)7-3-6(10)4-8(11)9(7)12/h3-5H,1-2H3. The summed E-state index contributed by atoms with van der Waals surface area (Å²) in [5, 5.41) is 0.813. The molecule has 0 unspecified atom stereocenters. The number of halogens is 3. The summed E-state index contributed by atoms with van der Waals surface area (Å²) in [6.07, 6.45) is 0. The van der Waals surface area contributed by atoms with Crippen molar-refractivity contribution in [3.05, 3.63) is 31.7 Å². The first-order chi connectivity index (χ1) is 5.52. The van der Waals surface area contributed by atoms with Gasteiger partial charge in [0.1, 0.15) is 0 Å². The normalized spacial score (nSPS) is 10.8. The molecule has 0 aliphatic rings. The Morgan fingerprint density at radius 3 is 2.33 bits per heavy atom. The molecule has 0 fully saturated rings. The van der Waals surface area contributed by atoms with Gasteiger partial charge in [-0.2, -0.15) is 0 Å². The molecule has 0 aromatic heterocycles. The van der Waals surface area contributed by atoms with Crippen molar-refractivity contribution in [2.75, 3.05) is 0 Å². The molecule has 0 aliphatic heterocycles. The van der Waals surface area contributed by atoms with Gasteiger partial charge in [0.15, 0.2) is 0 Å². The molecule has 3 heteroatoms. The monoisotopic (exact) mass is 310 g/mol. The van der Waals surface area contributed by atoms with Crippen LogP contribution in [0.3, 0.4) is 0 Å². The van der Waals surface area contributed by atoms with Crippen LogP contribution in [0.1, 0.15) is 25.3 Å². The average Bonchev–Trinajstić information content (AvgIpc) is 1.96. The predicted molar refractivity (Wildman–Crippen MR) is 60.9 cm³/mol. The van der Waals surface area contributed by atoms with Gasteiger partial charge < -0.3 is 0 Å². The second kappa shape index (κ2) is 4.12. The lowest BCUT2D eigenvalue weighted by molar-refractivity contribution is 0.865. The fourth-order valence-electron chi connectivity index (χ4n) is 0.996. The molecule has 0 saturated carbocycles. The lowest BCUT2D eigenvalue weighted by Crippen LogP contribution is -1.89. The van der Waals surface area contributed by atoms with Crippen LogP contribution in [0.5, 0.6) is 0 Å². The molecule has 12 heavy (non-hydrogen) atoms. The Labute approximate surface area is 94.6 Å². The summed E-state index contributed by atoms with van der Waals surface area (Å²) in [5.41, 5.74) is 1.16. The quantitative estimate of drug-likeness (QED) is 0.641. The molecule has 1 aromatic rings. The van der Waals surface area contributed by atoms with Crippen molar-refractivity contribution in [2.45, 2.75) is 19.8 Å². The van der Waals surface area contributed by atoms with E-state index >= 15 is 0 Å². The maximum absolute atomic E-state index is 6.09. The largest absolute Gasteiger partial charge is 0.0828 e. The number of rotatable bonds is 1. The molecular formula is C9H9Br2Cl. The van der Waals surface area contributed by atoms with E-state index in [4.69, 9.17) is 11.6 Å². The molecular weight excluding hydrogens is 303 g/mol. The summed E-state index contributed by atoms with van der Waals surface area (Å²) in [6.45, 7) is 4.25. The van der Waals surface area contributed by atoms with Gasteiger partial charge in [-0.15, -0.1) is 0 Å².